The Kier molecular flexibility index (Phi) is 9.39. The van der Waals surface area contributed by atoms with Crippen molar-refractivity contribution in [1.29, 1.82) is 0 Å². The van der Waals surface area contributed by atoms with Crippen LogP contribution in [-0.2, 0) is 27.3 Å². The molecule has 4 aliphatic heterocycles. The fourth-order valence-electron chi connectivity index (χ4n) is 8.65. The molecule has 8 nitrogen and oxygen atoms in total. The van der Waals surface area contributed by atoms with Gasteiger partial charge in [-0.3, -0.25) is 14.4 Å². The van der Waals surface area contributed by atoms with Crippen molar-refractivity contribution in [3.8, 4) is 0 Å². The number of rotatable bonds is 10. The van der Waals surface area contributed by atoms with Gasteiger partial charge in [-0.05, 0) is 62.6 Å². The van der Waals surface area contributed by atoms with Crippen molar-refractivity contribution >= 4 is 40.9 Å². The summed E-state index contributed by atoms with van der Waals surface area (Å²) in [6.45, 7) is 8.95. The predicted molar refractivity (Wildman–Crippen MR) is 200 cm³/mol. The maximum absolute atomic E-state index is 15.2. The summed E-state index contributed by atoms with van der Waals surface area (Å²) < 4.78 is -1.73. The van der Waals surface area contributed by atoms with E-state index in [1.165, 1.54) is 0 Å². The highest BCUT2D eigenvalue weighted by Gasteiger charge is 2.74. The van der Waals surface area contributed by atoms with Gasteiger partial charge in [0.05, 0.1) is 29.2 Å². The molecule has 4 heterocycles. The maximum Gasteiger partial charge on any atom is 0.251 e. The average molecular weight is 691 g/mol. The maximum atomic E-state index is 15.2. The van der Waals surface area contributed by atoms with Crippen LogP contribution in [0.3, 0.4) is 0 Å². The van der Waals surface area contributed by atoms with E-state index in [2.05, 4.69) is 24.8 Å². The Balaban J connectivity index is 1.31. The molecular weight excluding hydrogens is 645 g/mol. The van der Waals surface area contributed by atoms with Crippen molar-refractivity contribution in [2.45, 2.75) is 55.3 Å². The van der Waals surface area contributed by atoms with Gasteiger partial charge in [-0.15, -0.1) is 11.8 Å². The predicted octanol–water partition coefficient (Wildman–Crippen LogP) is 5.33. The Morgan fingerprint density at radius 3 is 2.08 bits per heavy atom. The van der Waals surface area contributed by atoms with E-state index in [1.807, 2.05) is 115 Å². The van der Waals surface area contributed by atoms with Crippen LogP contribution in [0.2, 0.25) is 0 Å². The molecule has 260 valence electrons. The Hall–Kier alpha value is -4.34. The smallest absolute Gasteiger partial charge is 0.251 e. The lowest BCUT2D eigenvalue weighted by atomic mass is 9.74. The van der Waals surface area contributed by atoms with Gasteiger partial charge in [0.1, 0.15) is 6.04 Å². The number of aliphatic hydroxyl groups is 1. The van der Waals surface area contributed by atoms with E-state index in [0.717, 1.165) is 35.6 Å². The molecule has 0 aliphatic carbocycles. The molecule has 1 N–H and O–H groups in total. The third-order valence-electron chi connectivity index (χ3n) is 11.0. The first kappa shape index (κ1) is 34.1. The number of benzene rings is 3. The molecule has 3 aromatic carbocycles. The summed E-state index contributed by atoms with van der Waals surface area (Å²) in [5.41, 5.74) is 3.82. The molecule has 0 saturated carbocycles. The van der Waals surface area contributed by atoms with Crippen LogP contribution in [0.5, 0.6) is 0 Å². The van der Waals surface area contributed by atoms with E-state index >= 15 is 9.59 Å². The minimum Gasteiger partial charge on any atom is -0.394 e. The zero-order chi connectivity index (χ0) is 35.0. The first-order valence-electron chi connectivity index (χ1n) is 17.8. The van der Waals surface area contributed by atoms with Crippen molar-refractivity contribution in [3.05, 3.63) is 120 Å². The number of carbonyl (C=O) groups is 3. The number of hydrogen-bond donors (Lipinski definition) is 1. The molecule has 1 unspecified atom stereocenters. The lowest BCUT2D eigenvalue weighted by molar-refractivity contribution is -0.145. The van der Waals surface area contributed by atoms with Crippen molar-refractivity contribution in [1.82, 2.24) is 9.80 Å². The number of thioether (sulfide) groups is 1. The number of amides is 3. The first-order valence-corrected chi connectivity index (χ1v) is 18.6. The van der Waals surface area contributed by atoms with Gasteiger partial charge in [0, 0.05) is 48.8 Å². The molecule has 0 bridgehead atoms. The second kappa shape index (κ2) is 13.8. The highest BCUT2D eigenvalue weighted by atomic mass is 32.2. The number of hydrogen-bond acceptors (Lipinski definition) is 6. The number of carbonyl (C=O) groups excluding carboxylic acids is 3. The summed E-state index contributed by atoms with van der Waals surface area (Å²) in [5, 5.41) is 10.9. The zero-order valence-corrected chi connectivity index (χ0v) is 29.8. The topological polar surface area (TPSA) is 84.4 Å². The number of anilines is 2. The first-order chi connectivity index (χ1) is 24.2. The molecular formula is C41H46N4O4S. The van der Waals surface area contributed by atoms with Gasteiger partial charge in [-0.2, -0.15) is 0 Å². The minimum absolute atomic E-state index is 0.0813. The Labute approximate surface area is 299 Å². The zero-order valence-electron chi connectivity index (χ0n) is 29.0. The number of nitrogens with zero attached hydrogens (tertiary/aromatic N) is 4. The van der Waals surface area contributed by atoms with Crippen molar-refractivity contribution in [2.24, 2.45) is 11.8 Å². The molecule has 0 aromatic heterocycles. The minimum atomic E-state index is -1.01. The molecule has 4 aliphatic rings. The summed E-state index contributed by atoms with van der Waals surface area (Å²) in [6, 6.07) is 26.1. The molecule has 6 atom stereocenters. The number of aliphatic hydroxyl groups excluding tert-OH is 1. The molecule has 3 aromatic rings. The van der Waals surface area contributed by atoms with Gasteiger partial charge in [-0.25, -0.2) is 0 Å². The van der Waals surface area contributed by atoms with E-state index in [4.69, 9.17) is 0 Å². The normalized spacial score (nSPS) is 27.9. The van der Waals surface area contributed by atoms with Crippen LogP contribution >= 0.6 is 11.8 Å². The van der Waals surface area contributed by atoms with E-state index in [1.54, 1.807) is 21.6 Å². The van der Waals surface area contributed by atoms with Crippen LogP contribution in [0, 0.1) is 11.8 Å². The van der Waals surface area contributed by atoms with Crippen molar-refractivity contribution in [3.63, 3.8) is 0 Å². The van der Waals surface area contributed by atoms with E-state index in [0.29, 0.717) is 26.1 Å². The van der Waals surface area contributed by atoms with E-state index in [-0.39, 0.29) is 24.3 Å². The van der Waals surface area contributed by atoms with Crippen LogP contribution in [0.25, 0.3) is 0 Å². The SMILES string of the molecule is CCN(CC)c1ccc(N2CC=C[C@]34S[C@]5(C)C=CCN(Cc6ccccc6)C(=O)[C@@H]5[C@H]3C(=O)N([C@@H](CO)Cc3ccccc3)C4C2=O)cc1. The van der Waals surface area contributed by atoms with Gasteiger partial charge < -0.3 is 24.7 Å². The summed E-state index contributed by atoms with van der Waals surface area (Å²) in [5.74, 6) is -2.00. The second-order valence-electron chi connectivity index (χ2n) is 13.9. The molecule has 2 fully saturated rings. The molecule has 1 spiro atoms. The van der Waals surface area contributed by atoms with Gasteiger partial charge in [-0.1, -0.05) is 85.0 Å². The lowest BCUT2D eigenvalue weighted by Crippen LogP contribution is -2.57. The monoisotopic (exact) mass is 690 g/mol. The molecule has 9 heteroatoms. The standard InChI is InChI=1S/C41H46N4O4S/c1-4-42(5-2)31-18-20-32(21-19-31)44-25-13-23-41-35(38(48)45(36(41)39(44)49)33(28-46)26-29-14-8-6-9-15-29)34-37(47)43(24-12-22-40(34,3)50-41)27-30-16-10-7-11-17-30/h6-23,33-36,46H,4-5,24-28H2,1-3H3/t33-,34+,35+,36?,40-,41+/m1/s1. The average Bonchev–Trinajstić information content (AvgIpc) is 3.41. The van der Waals surface area contributed by atoms with Crippen LogP contribution in [-0.4, -0.2) is 87.0 Å². The molecule has 50 heavy (non-hydrogen) atoms. The Bertz CT molecular complexity index is 1780. The summed E-state index contributed by atoms with van der Waals surface area (Å²) in [4.78, 5) is 52.6. The van der Waals surface area contributed by atoms with Crippen molar-refractivity contribution < 1.29 is 19.5 Å². The van der Waals surface area contributed by atoms with Gasteiger partial charge in [0.2, 0.25) is 11.8 Å². The third-order valence-corrected chi connectivity index (χ3v) is 12.8. The fraction of sp³-hybridized carbons (Fsp3) is 0.390. The van der Waals surface area contributed by atoms with Gasteiger partial charge in [0.25, 0.3) is 5.91 Å². The van der Waals surface area contributed by atoms with E-state index in [9.17, 15) is 9.90 Å². The van der Waals surface area contributed by atoms with Crippen LogP contribution in [0.4, 0.5) is 11.4 Å². The molecule has 0 radical (unpaired) electrons. The van der Waals surface area contributed by atoms with Gasteiger partial charge >= 0.3 is 0 Å². The highest BCUT2D eigenvalue weighted by Crippen LogP contribution is 2.66. The third kappa shape index (κ3) is 5.74. The lowest BCUT2D eigenvalue weighted by Gasteiger charge is -2.40. The largest absolute Gasteiger partial charge is 0.394 e. The number of fused-ring (bicyclic) bond motifs is 2. The van der Waals surface area contributed by atoms with Crippen LogP contribution in [0.1, 0.15) is 31.9 Å². The van der Waals surface area contributed by atoms with Crippen molar-refractivity contribution in [2.75, 3.05) is 42.6 Å². The highest BCUT2D eigenvalue weighted by molar-refractivity contribution is 8.02. The van der Waals surface area contributed by atoms with E-state index < -0.39 is 33.4 Å². The summed E-state index contributed by atoms with van der Waals surface area (Å²) in [7, 11) is 0. The summed E-state index contributed by atoms with van der Waals surface area (Å²) >= 11 is 1.57. The summed E-state index contributed by atoms with van der Waals surface area (Å²) in [6.07, 6.45) is 8.57. The Morgan fingerprint density at radius 2 is 1.44 bits per heavy atom. The van der Waals surface area contributed by atoms with Crippen LogP contribution < -0.4 is 9.80 Å². The molecule has 3 amide bonds. The second-order valence-corrected chi connectivity index (χ2v) is 15.7. The van der Waals surface area contributed by atoms with Crippen LogP contribution in [0.15, 0.2) is 109 Å². The quantitative estimate of drug-likeness (QED) is 0.290. The molecule has 2 saturated heterocycles. The Morgan fingerprint density at radius 1 is 0.800 bits per heavy atom. The number of likely N-dealkylation sites (tertiary alicyclic amines) is 1. The van der Waals surface area contributed by atoms with Gasteiger partial charge in [0.15, 0.2) is 0 Å². The fourth-order valence-corrected chi connectivity index (χ4v) is 10.8. The molecule has 7 rings (SSSR count).